The maximum atomic E-state index is 9.17. The molecule has 0 aromatic carbocycles. The van der Waals surface area contributed by atoms with Crippen LogP contribution >= 0.6 is 0 Å². The summed E-state index contributed by atoms with van der Waals surface area (Å²) in [6.45, 7) is 1.88. The minimum absolute atomic E-state index is 0.0862. The van der Waals surface area contributed by atoms with Crippen LogP contribution < -0.4 is 0 Å². The van der Waals surface area contributed by atoms with E-state index in [9.17, 15) is 5.11 Å². The van der Waals surface area contributed by atoms with Gasteiger partial charge in [0.1, 0.15) is 0 Å². The smallest absolute Gasteiger partial charge is 0.0587 e. The van der Waals surface area contributed by atoms with Crippen LogP contribution in [0.25, 0.3) is 0 Å². The highest BCUT2D eigenvalue weighted by molar-refractivity contribution is 4.77. The Balaban J connectivity index is 2.38. The molecule has 0 amide bonds. The molecular weight excluding hydrogens is 182 g/mol. The van der Waals surface area contributed by atoms with E-state index >= 15 is 0 Å². The van der Waals surface area contributed by atoms with Crippen molar-refractivity contribution in [3.05, 3.63) is 0 Å². The molecule has 0 radical (unpaired) electrons. The summed E-state index contributed by atoms with van der Waals surface area (Å²) in [6, 6.07) is 0.579. The van der Waals surface area contributed by atoms with Gasteiger partial charge in [-0.3, -0.25) is 4.90 Å². The van der Waals surface area contributed by atoms with Gasteiger partial charge >= 0.3 is 0 Å². The van der Waals surface area contributed by atoms with Crippen LogP contribution in [0.5, 0.6) is 0 Å². The molecule has 1 unspecified atom stereocenters. The van der Waals surface area contributed by atoms with E-state index < -0.39 is 0 Å². The molecule has 2 N–H and O–H groups in total. The van der Waals surface area contributed by atoms with Crippen LogP contribution in [-0.2, 0) is 4.74 Å². The summed E-state index contributed by atoms with van der Waals surface area (Å²) in [6.07, 6.45) is 2.70. The standard InChI is InChI=1S/C10H21NO3/c1-11(10(8-13)2-5-12)9-3-6-14-7-4-9/h9-10,12-13H,2-8H2,1H3. The lowest BCUT2D eigenvalue weighted by molar-refractivity contribution is 0.0118. The van der Waals surface area contributed by atoms with Gasteiger partial charge in [-0.05, 0) is 26.3 Å². The van der Waals surface area contributed by atoms with Crippen LogP contribution in [0.2, 0.25) is 0 Å². The van der Waals surface area contributed by atoms with Crippen LogP contribution in [0, 0.1) is 0 Å². The highest BCUT2D eigenvalue weighted by Gasteiger charge is 2.23. The molecule has 1 aliphatic rings. The van der Waals surface area contributed by atoms with Gasteiger partial charge in [0.15, 0.2) is 0 Å². The maximum Gasteiger partial charge on any atom is 0.0587 e. The molecule has 1 fully saturated rings. The first-order valence-electron chi connectivity index (χ1n) is 5.31. The quantitative estimate of drug-likeness (QED) is 0.652. The zero-order valence-electron chi connectivity index (χ0n) is 8.85. The van der Waals surface area contributed by atoms with E-state index in [4.69, 9.17) is 9.84 Å². The van der Waals surface area contributed by atoms with Crippen LogP contribution in [0.15, 0.2) is 0 Å². The van der Waals surface area contributed by atoms with Crippen LogP contribution in [0.1, 0.15) is 19.3 Å². The SMILES string of the molecule is CN(C(CO)CCO)C1CCOCC1. The predicted molar refractivity (Wildman–Crippen MR) is 54.2 cm³/mol. The first-order chi connectivity index (χ1) is 6.79. The number of hydrogen-bond acceptors (Lipinski definition) is 4. The first-order valence-corrected chi connectivity index (χ1v) is 5.31. The van der Waals surface area contributed by atoms with Crippen molar-refractivity contribution in [2.75, 3.05) is 33.5 Å². The molecule has 1 atom stereocenters. The third-order valence-corrected chi connectivity index (χ3v) is 3.02. The number of likely N-dealkylation sites (N-methyl/N-ethyl adjacent to an activating group) is 1. The van der Waals surface area contributed by atoms with E-state index in [1.807, 2.05) is 7.05 Å². The average molecular weight is 203 g/mol. The largest absolute Gasteiger partial charge is 0.396 e. The van der Waals surface area contributed by atoms with Gasteiger partial charge in [0, 0.05) is 31.9 Å². The lowest BCUT2D eigenvalue weighted by atomic mass is 10.0. The second kappa shape index (κ2) is 6.35. The van der Waals surface area contributed by atoms with Gasteiger partial charge in [-0.1, -0.05) is 0 Å². The summed E-state index contributed by atoms with van der Waals surface area (Å²) in [7, 11) is 2.02. The number of rotatable bonds is 5. The van der Waals surface area contributed by atoms with Crippen LogP contribution in [0.4, 0.5) is 0 Å². The van der Waals surface area contributed by atoms with E-state index in [2.05, 4.69) is 4.90 Å². The van der Waals surface area contributed by atoms with Gasteiger partial charge in [0.2, 0.25) is 0 Å². The highest BCUT2D eigenvalue weighted by atomic mass is 16.5. The summed E-state index contributed by atoms with van der Waals surface area (Å²) >= 11 is 0. The topological polar surface area (TPSA) is 52.9 Å². The minimum atomic E-state index is 0.0862. The van der Waals surface area contributed by atoms with Gasteiger partial charge in [0.05, 0.1) is 6.61 Å². The summed E-state index contributed by atoms with van der Waals surface area (Å²) in [5, 5.41) is 18.0. The van der Waals surface area contributed by atoms with E-state index in [0.29, 0.717) is 12.5 Å². The lowest BCUT2D eigenvalue weighted by Gasteiger charge is -2.36. The Morgan fingerprint density at radius 3 is 2.50 bits per heavy atom. The van der Waals surface area contributed by atoms with Crippen molar-refractivity contribution in [1.82, 2.24) is 4.90 Å². The van der Waals surface area contributed by atoms with Crippen molar-refractivity contribution in [3.8, 4) is 0 Å². The zero-order chi connectivity index (χ0) is 10.4. The van der Waals surface area contributed by atoms with E-state index in [1.165, 1.54) is 0 Å². The molecule has 1 rings (SSSR count). The molecule has 14 heavy (non-hydrogen) atoms. The van der Waals surface area contributed by atoms with Crippen molar-refractivity contribution < 1.29 is 14.9 Å². The van der Waals surface area contributed by atoms with Crippen molar-refractivity contribution in [1.29, 1.82) is 0 Å². The van der Waals surface area contributed by atoms with Crippen molar-refractivity contribution >= 4 is 0 Å². The molecule has 0 aromatic heterocycles. The average Bonchev–Trinajstić information content (AvgIpc) is 2.26. The van der Waals surface area contributed by atoms with E-state index in [-0.39, 0.29) is 19.3 Å². The van der Waals surface area contributed by atoms with Gasteiger partial charge in [-0.2, -0.15) is 0 Å². The summed E-state index contributed by atoms with van der Waals surface area (Å²) in [5.74, 6) is 0. The summed E-state index contributed by atoms with van der Waals surface area (Å²) in [4.78, 5) is 2.18. The molecule has 0 saturated carbocycles. The fraction of sp³-hybridized carbons (Fsp3) is 1.00. The lowest BCUT2D eigenvalue weighted by Crippen LogP contribution is -2.45. The van der Waals surface area contributed by atoms with E-state index in [1.54, 1.807) is 0 Å². The molecule has 1 aliphatic heterocycles. The molecule has 0 spiro atoms. The Bertz CT molecular complexity index is 144. The van der Waals surface area contributed by atoms with Crippen molar-refractivity contribution in [3.63, 3.8) is 0 Å². The molecule has 0 bridgehead atoms. The Labute approximate surface area is 85.5 Å². The Morgan fingerprint density at radius 1 is 1.36 bits per heavy atom. The fourth-order valence-electron chi connectivity index (χ4n) is 1.96. The molecule has 4 nitrogen and oxygen atoms in total. The van der Waals surface area contributed by atoms with Gasteiger partial charge in [0.25, 0.3) is 0 Å². The molecular formula is C10H21NO3. The monoisotopic (exact) mass is 203 g/mol. The minimum Gasteiger partial charge on any atom is -0.396 e. The molecule has 0 aromatic rings. The van der Waals surface area contributed by atoms with E-state index in [0.717, 1.165) is 26.1 Å². The molecule has 1 saturated heterocycles. The summed E-state index contributed by atoms with van der Waals surface area (Å²) < 4.78 is 5.28. The molecule has 84 valence electrons. The predicted octanol–water partition coefficient (Wildman–Crippen LogP) is -0.160. The van der Waals surface area contributed by atoms with Crippen molar-refractivity contribution in [2.45, 2.75) is 31.3 Å². The number of aliphatic hydroxyl groups is 2. The third kappa shape index (κ3) is 3.20. The van der Waals surface area contributed by atoms with Crippen LogP contribution in [0.3, 0.4) is 0 Å². The Kier molecular flexibility index (Phi) is 5.40. The van der Waals surface area contributed by atoms with Crippen molar-refractivity contribution in [2.24, 2.45) is 0 Å². The number of aliphatic hydroxyl groups excluding tert-OH is 2. The summed E-state index contributed by atoms with van der Waals surface area (Å²) in [5.41, 5.74) is 0. The fourth-order valence-corrected chi connectivity index (χ4v) is 1.96. The molecule has 0 aliphatic carbocycles. The number of nitrogens with zero attached hydrogens (tertiary/aromatic N) is 1. The highest BCUT2D eigenvalue weighted by Crippen LogP contribution is 2.16. The zero-order valence-corrected chi connectivity index (χ0v) is 8.85. The van der Waals surface area contributed by atoms with Gasteiger partial charge in [-0.15, -0.1) is 0 Å². The second-order valence-corrected chi connectivity index (χ2v) is 3.86. The normalized spacial score (nSPS) is 21.4. The third-order valence-electron chi connectivity index (χ3n) is 3.02. The maximum absolute atomic E-state index is 9.17. The molecule has 1 heterocycles. The molecule has 4 heteroatoms. The number of ether oxygens (including phenoxy) is 1. The number of hydrogen-bond donors (Lipinski definition) is 2. The van der Waals surface area contributed by atoms with Crippen LogP contribution in [-0.4, -0.2) is 60.7 Å². The van der Waals surface area contributed by atoms with Gasteiger partial charge in [-0.25, -0.2) is 0 Å². The first kappa shape index (κ1) is 11.9. The Morgan fingerprint density at radius 2 is 2.00 bits per heavy atom. The van der Waals surface area contributed by atoms with Gasteiger partial charge < -0.3 is 14.9 Å². The Hall–Kier alpha value is -0.160. The second-order valence-electron chi connectivity index (χ2n) is 3.86.